The Morgan fingerprint density at radius 1 is 1.06 bits per heavy atom. The molecule has 0 saturated carbocycles. The third-order valence-corrected chi connectivity index (χ3v) is 3.21. The number of benzene rings is 1. The number of anilines is 1. The van der Waals surface area contributed by atoms with Crippen molar-refractivity contribution in [1.82, 2.24) is 10.2 Å². The smallest absolute Gasteiger partial charge is 0.270 e. The van der Waals surface area contributed by atoms with Crippen LogP contribution < -0.4 is 16.0 Å². The van der Waals surface area contributed by atoms with Gasteiger partial charge < -0.3 is 4.90 Å². The zero-order valence-corrected chi connectivity index (χ0v) is 10.8. The third-order valence-electron chi connectivity index (χ3n) is 3.21. The molecule has 2 N–H and O–H groups in total. The molecule has 0 radical (unpaired) electrons. The monoisotopic (exact) mass is 247 g/mol. The lowest BCUT2D eigenvalue weighted by atomic mass is 10.1. The van der Waals surface area contributed by atoms with Gasteiger partial charge in [0.05, 0.1) is 10.8 Å². The summed E-state index contributed by atoms with van der Waals surface area (Å²) in [5, 5.41) is 5.63. The quantitative estimate of drug-likeness (QED) is 0.860. The molecule has 0 spiro atoms. The average Bonchev–Trinajstić information content (AvgIpc) is 2.35. The van der Waals surface area contributed by atoms with Crippen molar-refractivity contribution >= 4 is 16.5 Å². The lowest BCUT2D eigenvalue weighted by Gasteiger charge is -2.21. The van der Waals surface area contributed by atoms with Gasteiger partial charge in [-0.05, 0) is 38.5 Å². The molecule has 0 amide bonds. The van der Waals surface area contributed by atoms with Crippen molar-refractivity contribution < 1.29 is 0 Å². The van der Waals surface area contributed by atoms with E-state index in [0.29, 0.717) is 10.8 Å². The van der Waals surface area contributed by atoms with Crippen molar-refractivity contribution in [2.75, 3.05) is 18.0 Å². The number of hydrogen-bond acceptors (Lipinski definition) is 3. The number of hydrogen-bond donors (Lipinski definition) is 2. The summed E-state index contributed by atoms with van der Waals surface area (Å²) in [6, 6.07) is 3.73. The molecular formula is C13H17N3O2. The van der Waals surface area contributed by atoms with E-state index in [1.807, 2.05) is 13.0 Å². The molecule has 2 aromatic rings. The predicted octanol–water partition coefficient (Wildman–Crippen LogP) is 1.37. The van der Waals surface area contributed by atoms with E-state index in [0.717, 1.165) is 24.3 Å². The minimum absolute atomic E-state index is 0.256. The molecule has 2 rings (SSSR count). The maximum Gasteiger partial charge on any atom is 0.270 e. The Morgan fingerprint density at radius 2 is 1.67 bits per heavy atom. The molecule has 5 heteroatoms. The van der Waals surface area contributed by atoms with Crippen LogP contribution in [0.4, 0.5) is 5.69 Å². The van der Waals surface area contributed by atoms with Crippen LogP contribution in [0.5, 0.6) is 0 Å². The van der Waals surface area contributed by atoms with Crippen LogP contribution in [-0.2, 0) is 0 Å². The number of nitrogens with one attached hydrogen (secondary N) is 2. The SMILES string of the molecule is CCN(CC)c1cc(C)c2c(=O)[nH][nH]c(=O)c2c1. The summed E-state index contributed by atoms with van der Waals surface area (Å²) >= 11 is 0. The Labute approximate surface area is 104 Å². The summed E-state index contributed by atoms with van der Waals surface area (Å²) in [4.78, 5) is 25.7. The average molecular weight is 247 g/mol. The van der Waals surface area contributed by atoms with Gasteiger partial charge in [-0.3, -0.25) is 19.8 Å². The molecule has 0 aliphatic carbocycles. The van der Waals surface area contributed by atoms with Crippen molar-refractivity contribution in [3.8, 4) is 0 Å². The molecule has 5 nitrogen and oxygen atoms in total. The zero-order valence-electron chi connectivity index (χ0n) is 10.8. The Morgan fingerprint density at radius 3 is 2.28 bits per heavy atom. The second kappa shape index (κ2) is 4.68. The Kier molecular flexibility index (Phi) is 3.23. The molecule has 0 fully saturated rings. The fourth-order valence-electron chi connectivity index (χ4n) is 2.26. The molecule has 96 valence electrons. The van der Waals surface area contributed by atoms with Gasteiger partial charge in [-0.2, -0.15) is 0 Å². The molecule has 0 aliphatic rings. The van der Waals surface area contributed by atoms with Crippen LogP contribution in [-0.4, -0.2) is 23.3 Å². The lowest BCUT2D eigenvalue weighted by molar-refractivity contribution is 0.866. The maximum atomic E-state index is 11.8. The first-order chi connectivity index (χ1) is 8.58. The van der Waals surface area contributed by atoms with Crippen molar-refractivity contribution in [3.05, 3.63) is 38.4 Å². The van der Waals surface area contributed by atoms with Crippen LogP contribution in [0, 0.1) is 6.92 Å². The predicted molar refractivity (Wildman–Crippen MR) is 73.5 cm³/mol. The van der Waals surface area contributed by atoms with Gasteiger partial charge >= 0.3 is 0 Å². The van der Waals surface area contributed by atoms with Crippen LogP contribution in [0.15, 0.2) is 21.7 Å². The van der Waals surface area contributed by atoms with E-state index in [1.165, 1.54) is 0 Å². The molecule has 0 saturated heterocycles. The summed E-state index contributed by atoms with van der Waals surface area (Å²) < 4.78 is 0. The zero-order chi connectivity index (χ0) is 13.3. The van der Waals surface area contributed by atoms with E-state index >= 15 is 0 Å². The Balaban J connectivity index is 2.81. The highest BCUT2D eigenvalue weighted by atomic mass is 16.1. The highest BCUT2D eigenvalue weighted by Crippen LogP contribution is 2.21. The van der Waals surface area contributed by atoms with Gasteiger partial charge in [0.25, 0.3) is 11.1 Å². The molecule has 1 heterocycles. The van der Waals surface area contributed by atoms with Crippen molar-refractivity contribution in [2.24, 2.45) is 0 Å². The molecule has 0 bridgehead atoms. The van der Waals surface area contributed by atoms with E-state index in [1.54, 1.807) is 6.07 Å². The van der Waals surface area contributed by atoms with Gasteiger partial charge in [-0.25, -0.2) is 0 Å². The number of nitrogens with zero attached hydrogens (tertiary/aromatic N) is 1. The fraction of sp³-hybridized carbons (Fsp3) is 0.385. The van der Waals surface area contributed by atoms with Gasteiger partial charge in [-0.15, -0.1) is 0 Å². The minimum atomic E-state index is -0.262. The fourth-order valence-corrected chi connectivity index (χ4v) is 2.26. The number of rotatable bonds is 3. The molecular weight excluding hydrogens is 230 g/mol. The van der Waals surface area contributed by atoms with Gasteiger partial charge in [0.1, 0.15) is 0 Å². The summed E-state index contributed by atoms with van der Waals surface area (Å²) in [5.74, 6) is 0. The summed E-state index contributed by atoms with van der Waals surface area (Å²) in [7, 11) is 0. The highest BCUT2D eigenvalue weighted by Gasteiger charge is 2.10. The molecule has 1 aromatic carbocycles. The van der Waals surface area contributed by atoms with Crippen molar-refractivity contribution in [1.29, 1.82) is 0 Å². The highest BCUT2D eigenvalue weighted by molar-refractivity contribution is 5.87. The number of aromatic nitrogens is 2. The van der Waals surface area contributed by atoms with Gasteiger partial charge in [0.15, 0.2) is 0 Å². The molecule has 1 aromatic heterocycles. The van der Waals surface area contributed by atoms with Crippen LogP contribution in [0.25, 0.3) is 10.8 Å². The Hall–Kier alpha value is -2.04. The maximum absolute atomic E-state index is 11.8. The van der Waals surface area contributed by atoms with Crippen molar-refractivity contribution in [2.45, 2.75) is 20.8 Å². The normalized spacial score (nSPS) is 10.8. The first-order valence-electron chi connectivity index (χ1n) is 6.08. The van der Waals surface area contributed by atoms with Crippen LogP contribution in [0.3, 0.4) is 0 Å². The van der Waals surface area contributed by atoms with Gasteiger partial charge in [-0.1, -0.05) is 0 Å². The van der Waals surface area contributed by atoms with Crippen LogP contribution in [0.2, 0.25) is 0 Å². The standard InChI is InChI=1S/C13H17N3O2/c1-4-16(5-2)9-6-8(3)11-10(7-9)12(17)14-15-13(11)18/h6-7H,4-5H2,1-3H3,(H,14,17)(H,15,18). The Bertz CT molecular complexity index is 681. The van der Waals surface area contributed by atoms with Gasteiger partial charge in [0.2, 0.25) is 0 Å². The third kappa shape index (κ3) is 1.92. The van der Waals surface area contributed by atoms with E-state index < -0.39 is 0 Å². The number of H-pyrrole nitrogens is 2. The van der Waals surface area contributed by atoms with Crippen molar-refractivity contribution in [3.63, 3.8) is 0 Å². The summed E-state index contributed by atoms with van der Waals surface area (Å²) in [5.41, 5.74) is 1.28. The molecule has 0 aliphatic heterocycles. The second-order valence-electron chi connectivity index (χ2n) is 4.27. The number of fused-ring (bicyclic) bond motifs is 1. The lowest BCUT2D eigenvalue weighted by Crippen LogP contribution is -2.24. The molecule has 18 heavy (non-hydrogen) atoms. The van der Waals surface area contributed by atoms with E-state index in [9.17, 15) is 9.59 Å². The summed E-state index contributed by atoms with van der Waals surface area (Å²) in [6.45, 7) is 7.70. The topological polar surface area (TPSA) is 69.0 Å². The number of aryl methyl sites for hydroxylation is 1. The molecule has 0 atom stereocenters. The van der Waals surface area contributed by atoms with Crippen LogP contribution in [0.1, 0.15) is 19.4 Å². The minimum Gasteiger partial charge on any atom is -0.372 e. The first kappa shape index (κ1) is 12.4. The van der Waals surface area contributed by atoms with E-state index in [4.69, 9.17) is 0 Å². The van der Waals surface area contributed by atoms with Crippen LogP contribution >= 0.6 is 0 Å². The second-order valence-corrected chi connectivity index (χ2v) is 4.27. The van der Waals surface area contributed by atoms with E-state index in [-0.39, 0.29) is 11.1 Å². The van der Waals surface area contributed by atoms with Gasteiger partial charge in [0, 0.05) is 18.8 Å². The molecule has 0 unspecified atom stereocenters. The largest absolute Gasteiger partial charge is 0.372 e. The first-order valence-corrected chi connectivity index (χ1v) is 6.08. The summed E-state index contributed by atoms with van der Waals surface area (Å²) in [6.07, 6.45) is 0. The number of aromatic amines is 2. The van der Waals surface area contributed by atoms with E-state index in [2.05, 4.69) is 28.9 Å².